The van der Waals surface area contributed by atoms with Crippen LogP contribution in [0.2, 0.25) is 5.02 Å². The number of anilines is 2. The van der Waals surface area contributed by atoms with Gasteiger partial charge in [-0.25, -0.2) is 0 Å². The molecule has 0 radical (unpaired) electrons. The van der Waals surface area contributed by atoms with Gasteiger partial charge in [0.05, 0.1) is 21.8 Å². The highest BCUT2D eigenvalue weighted by Crippen LogP contribution is 2.29. The number of carbonyl (C=O) groups is 4. The van der Waals surface area contributed by atoms with Gasteiger partial charge in [0, 0.05) is 19.0 Å². The molecule has 3 aromatic carbocycles. The van der Waals surface area contributed by atoms with E-state index >= 15 is 0 Å². The first-order valence-electron chi connectivity index (χ1n) is 10.2. The number of imide groups is 1. The maximum atomic E-state index is 13.4. The molecule has 2 N–H and O–H groups in total. The number of carbonyl (C=O) groups excluding carboxylic acids is 4. The summed E-state index contributed by atoms with van der Waals surface area (Å²) in [7, 11) is 0. The van der Waals surface area contributed by atoms with E-state index in [0.29, 0.717) is 11.4 Å². The fourth-order valence-corrected chi connectivity index (χ4v) is 3.97. The van der Waals surface area contributed by atoms with E-state index in [1.165, 1.54) is 13.0 Å². The van der Waals surface area contributed by atoms with Crippen molar-refractivity contribution in [2.24, 2.45) is 0 Å². The molecule has 33 heavy (non-hydrogen) atoms. The summed E-state index contributed by atoms with van der Waals surface area (Å²) in [5.41, 5.74) is 2.11. The molecule has 166 valence electrons. The Hall–Kier alpha value is -3.97. The van der Waals surface area contributed by atoms with Crippen LogP contribution in [-0.4, -0.2) is 34.6 Å². The van der Waals surface area contributed by atoms with Crippen LogP contribution < -0.4 is 10.6 Å². The van der Waals surface area contributed by atoms with Crippen molar-refractivity contribution >= 4 is 46.6 Å². The Bertz CT molecular complexity index is 1220. The Morgan fingerprint density at radius 3 is 2.06 bits per heavy atom. The van der Waals surface area contributed by atoms with Crippen molar-refractivity contribution < 1.29 is 19.2 Å². The Labute approximate surface area is 195 Å². The predicted molar refractivity (Wildman–Crippen MR) is 125 cm³/mol. The second-order valence-corrected chi connectivity index (χ2v) is 8.00. The van der Waals surface area contributed by atoms with E-state index < -0.39 is 23.8 Å². The predicted octanol–water partition coefficient (Wildman–Crippen LogP) is 4.14. The van der Waals surface area contributed by atoms with Crippen LogP contribution in [0.5, 0.6) is 0 Å². The number of hydrogen-bond acceptors (Lipinski definition) is 4. The molecular weight excluding hydrogens is 442 g/mol. The zero-order valence-electron chi connectivity index (χ0n) is 17.7. The van der Waals surface area contributed by atoms with Crippen LogP contribution in [-0.2, 0) is 16.0 Å². The zero-order chi connectivity index (χ0) is 23.5. The van der Waals surface area contributed by atoms with Gasteiger partial charge >= 0.3 is 0 Å². The van der Waals surface area contributed by atoms with Crippen molar-refractivity contribution in [1.82, 2.24) is 4.90 Å². The Morgan fingerprint density at radius 2 is 1.48 bits per heavy atom. The molecule has 1 aliphatic rings. The van der Waals surface area contributed by atoms with E-state index in [-0.39, 0.29) is 28.5 Å². The second-order valence-electron chi connectivity index (χ2n) is 7.60. The molecule has 4 amide bonds. The van der Waals surface area contributed by atoms with E-state index in [2.05, 4.69) is 10.6 Å². The quantitative estimate of drug-likeness (QED) is 0.539. The number of amides is 4. The average Bonchev–Trinajstić information content (AvgIpc) is 3.04. The van der Waals surface area contributed by atoms with Crippen LogP contribution in [0.15, 0.2) is 72.8 Å². The van der Waals surface area contributed by atoms with Gasteiger partial charge in [-0.15, -0.1) is 0 Å². The van der Waals surface area contributed by atoms with Crippen molar-refractivity contribution in [3.63, 3.8) is 0 Å². The molecule has 1 aliphatic heterocycles. The lowest BCUT2D eigenvalue weighted by Gasteiger charge is -2.26. The molecule has 7 nitrogen and oxygen atoms in total. The molecule has 4 rings (SSSR count). The number of fused-ring (bicyclic) bond motifs is 1. The van der Waals surface area contributed by atoms with Crippen LogP contribution >= 0.6 is 11.6 Å². The van der Waals surface area contributed by atoms with E-state index in [0.717, 1.165) is 10.5 Å². The third-order valence-electron chi connectivity index (χ3n) is 5.26. The summed E-state index contributed by atoms with van der Waals surface area (Å²) in [6, 6.07) is 19.2. The monoisotopic (exact) mass is 461 g/mol. The molecule has 0 aromatic heterocycles. The summed E-state index contributed by atoms with van der Waals surface area (Å²) in [5, 5.41) is 5.54. The molecule has 3 aromatic rings. The molecular formula is C25H20ClN3O4. The summed E-state index contributed by atoms with van der Waals surface area (Å²) >= 11 is 6.30. The molecule has 0 aliphatic carbocycles. The van der Waals surface area contributed by atoms with E-state index in [1.54, 1.807) is 36.4 Å². The summed E-state index contributed by atoms with van der Waals surface area (Å²) in [6.45, 7) is 1.37. The summed E-state index contributed by atoms with van der Waals surface area (Å²) in [4.78, 5) is 51.8. The molecule has 0 fully saturated rings. The van der Waals surface area contributed by atoms with Crippen molar-refractivity contribution in [1.29, 1.82) is 0 Å². The highest BCUT2D eigenvalue weighted by molar-refractivity contribution is 6.34. The van der Waals surface area contributed by atoms with Crippen molar-refractivity contribution in [3.05, 3.63) is 94.5 Å². The topological polar surface area (TPSA) is 95.6 Å². The van der Waals surface area contributed by atoms with E-state index in [4.69, 9.17) is 11.6 Å². The number of nitrogens with zero attached hydrogens (tertiary/aromatic N) is 1. The first-order valence-corrected chi connectivity index (χ1v) is 10.6. The minimum absolute atomic E-state index is 0.139. The zero-order valence-corrected chi connectivity index (χ0v) is 18.4. The first kappa shape index (κ1) is 22.2. The third kappa shape index (κ3) is 4.63. The Kier molecular flexibility index (Phi) is 6.24. The molecule has 0 saturated carbocycles. The number of nitrogens with one attached hydrogen (secondary N) is 2. The fourth-order valence-electron chi connectivity index (χ4n) is 3.74. The van der Waals surface area contributed by atoms with E-state index in [9.17, 15) is 19.2 Å². The van der Waals surface area contributed by atoms with Gasteiger partial charge in [-0.1, -0.05) is 54.1 Å². The van der Waals surface area contributed by atoms with Crippen molar-refractivity contribution in [3.8, 4) is 0 Å². The number of hydrogen-bond donors (Lipinski definition) is 2. The van der Waals surface area contributed by atoms with Gasteiger partial charge < -0.3 is 10.6 Å². The number of halogens is 1. The molecule has 0 spiro atoms. The van der Waals surface area contributed by atoms with Gasteiger partial charge in [0.2, 0.25) is 11.8 Å². The van der Waals surface area contributed by atoms with Crippen LogP contribution in [0.4, 0.5) is 11.4 Å². The van der Waals surface area contributed by atoms with Crippen molar-refractivity contribution in [2.75, 3.05) is 10.6 Å². The Balaban J connectivity index is 1.64. The van der Waals surface area contributed by atoms with Crippen LogP contribution in [0.3, 0.4) is 0 Å². The van der Waals surface area contributed by atoms with Crippen LogP contribution in [0.1, 0.15) is 33.2 Å². The molecule has 8 heteroatoms. The highest BCUT2D eigenvalue weighted by atomic mass is 35.5. The highest BCUT2D eigenvalue weighted by Gasteiger charge is 2.42. The molecule has 0 saturated heterocycles. The minimum Gasteiger partial charge on any atom is -0.326 e. The maximum Gasteiger partial charge on any atom is 0.262 e. The minimum atomic E-state index is -1.09. The van der Waals surface area contributed by atoms with Gasteiger partial charge in [-0.05, 0) is 35.9 Å². The summed E-state index contributed by atoms with van der Waals surface area (Å²) in [5.74, 6) is -1.84. The molecule has 1 heterocycles. The van der Waals surface area contributed by atoms with Gasteiger partial charge in [-0.2, -0.15) is 0 Å². The Morgan fingerprint density at radius 1 is 0.879 bits per heavy atom. The van der Waals surface area contributed by atoms with Crippen LogP contribution in [0.25, 0.3) is 0 Å². The van der Waals surface area contributed by atoms with E-state index in [1.807, 2.05) is 30.3 Å². The average molecular weight is 462 g/mol. The second kappa shape index (κ2) is 9.26. The smallest absolute Gasteiger partial charge is 0.262 e. The first-order chi connectivity index (χ1) is 15.8. The normalized spacial score (nSPS) is 13.5. The number of rotatable bonds is 6. The molecule has 1 atom stereocenters. The van der Waals surface area contributed by atoms with Gasteiger partial charge in [0.1, 0.15) is 6.04 Å². The van der Waals surface area contributed by atoms with Gasteiger partial charge in [-0.3, -0.25) is 24.1 Å². The summed E-state index contributed by atoms with van der Waals surface area (Å²) < 4.78 is 0. The SMILES string of the molecule is CC(=O)Nc1ccc(NC(=O)C(Cc2ccccc2)N2C(=O)c3ccccc3C2=O)c(Cl)c1. The third-order valence-corrected chi connectivity index (χ3v) is 5.57. The lowest BCUT2D eigenvalue weighted by Crippen LogP contribution is -2.48. The summed E-state index contributed by atoms with van der Waals surface area (Å²) in [6.07, 6.45) is 0.139. The largest absolute Gasteiger partial charge is 0.326 e. The fraction of sp³-hybridized carbons (Fsp3) is 0.120. The lowest BCUT2D eigenvalue weighted by molar-refractivity contribution is -0.120. The van der Waals surface area contributed by atoms with Crippen LogP contribution in [0, 0.1) is 0 Å². The van der Waals surface area contributed by atoms with Crippen molar-refractivity contribution in [2.45, 2.75) is 19.4 Å². The number of benzene rings is 3. The van der Waals surface area contributed by atoms with Gasteiger partial charge in [0.25, 0.3) is 11.8 Å². The standard InChI is InChI=1S/C25H20ClN3O4/c1-15(30)27-17-11-12-21(20(26)14-17)28-23(31)22(13-16-7-3-2-4-8-16)29-24(32)18-9-5-6-10-19(18)25(29)33/h2-12,14,22H,13H2,1H3,(H,27,30)(H,28,31). The van der Waals surface area contributed by atoms with Gasteiger partial charge in [0.15, 0.2) is 0 Å². The molecule has 0 bridgehead atoms. The lowest BCUT2D eigenvalue weighted by atomic mass is 10.0. The maximum absolute atomic E-state index is 13.4. The molecule has 1 unspecified atom stereocenters.